The van der Waals surface area contributed by atoms with Crippen LogP contribution in [0.5, 0.6) is 0 Å². The third-order valence-corrected chi connectivity index (χ3v) is 12.4. The molecule has 3 atom stereocenters. The second kappa shape index (κ2) is 12.7. The fraction of sp³-hybridized carbons (Fsp3) is 0.343. The fourth-order valence-corrected chi connectivity index (χ4v) is 9.07. The predicted octanol–water partition coefficient (Wildman–Crippen LogP) is 6.76. The van der Waals surface area contributed by atoms with Crippen molar-refractivity contribution in [1.29, 1.82) is 0 Å². The number of aromatic nitrogens is 5. The van der Waals surface area contributed by atoms with Crippen molar-refractivity contribution in [2.24, 2.45) is 5.92 Å². The number of Topliss-reactive ketones (excluding diaryl/α,β-unsaturated/α-hetero) is 1. The minimum Gasteiger partial charge on any atom is -0.346 e. The van der Waals surface area contributed by atoms with Gasteiger partial charge < -0.3 is 5.32 Å². The number of hydrogen-bond donors (Lipinski definition) is 2. The van der Waals surface area contributed by atoms with Gasteiger partial charge in [-0.15, -0.1) is 0 Å². The van der Waals surface area contributed by atoms with Crippen LogP contribution in [0.2, 0.25) is 5.02 Å². The highest BCUT2D eigenvalue weighted by molar-refractivity contribution is 7.93. The molecule has 0 bridgehead atoms. The first-order valence-electron chi connectivity index (χ1n) is 16.5. The Morgan fingerprint density at radius 2 is 1.79 bits per heavy atom. The summed E-state index contributed by atoms with van der Waals surface area (Å²) in [5.74, 6) is -9.72. The fourth-order valence-electron chi connectivity index (χ4n) is 7.24. The molecule has 0 radical (unpaired) electrons. The Morgan fingerprint density at radius 1 is 1.06 bits per heavy atom. The van der Waals surface area contributed by atoms with Crippen molar-refractivity contribution in [3.63, 3.8) is 0 Å². The molecule has 3 aromatic heterocycles. The van der Waals surface area contributed by atoms with Crippen LogP contribution >= 0.6 is 11.6 Å². The van der Waals surface area contributed by atoms with Crippen molar-refractivity contribution in [3.8, 4) is 11.1 Å². The molecule has 2 fully saturated rings. The minimum atomic E-state index is -3.71. The monoisotopic (exact) mass is 776 g/mol. The van der Waals surface area contributed by atoms with E-state index in [0.29, 0.717) is 34.6 Å². The number of hydrogen-bond acceptors (Lipinski definition) is 7. The Morgan fingerprint density at radius 3 is 2.49 bits per heavy atom. The summed E-state index contributed by atoms with van der Waals surface area (Å²) in [6.07, 6.45) is -1.13. The molecule has 3 aliphatic rings. The van der Waals surface area contributed by atoms with Crippen LogP contribution in [0.15, 0.2) is 48.7 Å². The number of ketones is 1. The summed E-state index contributed by atoms with van der Waals surface area (Å²) >= 11 is 6.37. The molecule has 18 heteroatoms. The maximum Gasteiger partial charge on any atom is 0.293 e. The van der Waals surface area contributed by atoms with Gasteiger partial charge in [0.15, 0.2) is 15.6 Å². The van der Waals surface area contributed by atoms with Crippen LogP contribution in [0.3, 0.4) is 0 Å². The van der Waals surface area contributed by atoms with Gasteiger partial charge in [0.25, 0.3) is 12.3 Å². The van der Waals surface area contributed by atoms with Crippen molar-refractivity contribution < 1.29 is 44.3 Å². The zero-order valence-electron chi connectivity index (χ0n) is 27.2. The van der Waals surface area contributed by atoms with Gasteiger partial charge in [0.2, 0.25) is 5.91 Å². The number of pyridine rings is 1. The zero-order chi connectivity index (χ0) is 37.6. The van der Waals surface area contributed by atoms with Gasteiger partial charge in [-0.1, -0.05) is 17.7 Å². The van der Waals surface area contributed by atoms with E-state index in [2.05, 4.69) is 25.6 Å². The maximum absolute atomic E-state index is 15.3. The molecule has 2 N–H and O–H groups in total. The van der Waals surface area contributed by atoms with E-state index in [1.165, 1.54) is 24.4 Å². The highest BCUT2D eigenvalue weighted by Crippen LogP contribution is 2.68. The largest absolute Gasteiger partial charge is 0.346 e. The molecule has 0 aliphatic heterocycles. The number of carbonyl (C=O) groups excluding carboxylic acids is 2. The SMILES string of the molecule is O=C(Cn1nc(C(F)F)c2c1C(F)(F)[C@@H]1C[C@H]21)N[C@@H](Cc1cc(F)cc(F)c1)c1nc2cn[nH]c2cc1-c1ccc(Cl)c(C(=O)CS(=O)(=O)C2CC2)c1. The van der Waals surface area contributed by atoms with Gasteiger partial charge in [-0.25, -0.2) is 31.0 Å². The summed E-state index contributed by atoms with van der Waals surface area (Å²) in [7, 11) is -3.71. The summed E-state index contributed by atoms with van der Waals surface area (Å²) in [6.45, 7) is -0.892. The third kappa shape index (κ3) is 6.47. The van der Waals surface area contributed by atoms with E-state index in [-0.39, 0.29) is 51.4 Å². The number of aromatic amines is 1. The molecule has 53 heavy (non-hydrogen) atoms. The summed E-state index contributed by atoms with van der Waals surface area (Å²) in [5.41, 5.74) is -0.519. The number of benzene rings is 2. The third-order valence-electron chi connectivity index (χ3n) is 9.88. The van der Waals surface area contributed by atoms with Crippen LogP contribution in [0, 0.1) is 17.6 Å². The molecule has 0 spiro atoms. The van der Waals surface area contributed by atoms with Crippen LogP contribution in [0.25, 0.3) is 22.2 Å². The molecule has 2 aromatic carbocycles. The van der Waals surface area contributed by atoms with E-state index in [1.807, 2.05) is 0 Å². The van der Waals surface area contributed by atoms with E-state index in [4.69, 9.17) is 11.6 Å². The summed E-state index contributed by atoms with van der Waals surface area (Å²) in [4.78, 5) is 31.7. The van der Waals surface area contributed by atoms with Gasteiger partial charge in [0.1, 0.15) is 40.8 Å². The van der Waals surface area contributed by atoms with Crippen LogP contribution < -0.4 is 5.32 Å². The van der Waals surface area contributed by atoms with E-state index >= 15 is 8.78 Å². The van der Waals surface area contributed by atoms with E-state index in [9.17, 15) is 35.6 Å². The number of H-pyrrole nitrogens is 1. The standard InChI is InChI=1S/C35H27ClF6N6O4S/c36-24-4-1-16(8-22(24)28(49)14-53(51,52)19-2-3-19)20-11-25-27(12-43-46-25)45-31(20)26(7-15-5-17(37)9-18(38)6-15)44-29(50)13-48-33-30(32(47-48)34(39)40)21-10-23(21)35(33,41)42/h1,4-6,8-9,11-12,19,21,23,26,34H,2-3,7,10,13-14H2,(H,43,46)(H,44,50)/t21-,23+,26-/m0/s1. The average Bonchev–Trinajstić information content (AvgIpc) is 3.99. The lowest BCUT2D eigenvalue weighted by atomic mass is 9.93. The first kappa shape index (κ1) is 35.3. The number of alkyl halides is 4. The lowest BCUT2D eigenvalue weighted by Crippen LogP contribution is -2.35. The van der Waals surface area contributed by atoms with Gasteiger partial charge in [0.05, 0.1) is 33.7 Å². The van der Waals surface area contributed by atoms with Crippen LogP contribution in [-0.4, -0.2) is 56.1 Å². The number of nitrogens with zero attached hydrogens (tertiary/aromatic N) is 4. The molecule has 2 saturated carbocycles. The van der Waals surface area contributed by atoms with Crippen molar-refractivity contribution in [3.05, 3.63) is 99.1 Å². The average molecular weight is 777 g/mol. The molecule has 8 rings (SSSR count). The number of rotatable bonds is 12. The summed E-state index contributed by atoms with van der Waals surface area (Å²) < 4.78 is 113. The van der Waals surface area contributed by atoms with Crippen LogP contribution in [-0.2, 0) is 33.5 Å². The van der Waals surface area contributed by atoms with Crippen LogP contribution in [0.4, 0.5) is 26.3 Å². The number of halogens is 7. The molecule has 0 unspecified atom stereocenters. The van der Waals surface area contributed by atoms with E-state index in [1.54, 1.807) is 6.07 Å². The van der Waals surface area contributed by atoms with Crippen LogP contribution in [0.1, 0.15) is 76.2 Å². The number of carbonyl (C=O) groups is 2. The van der Waals surface area contributed by atoms with E-state index < -0.39 is 92.3 Å². The molecule has 5 aromatic rings. The minimum absolute atomic E-state index is 0.0219. The Kier molecular flexibility index (Phi) is 8.44. The number of nitrogens with one attached hydrogen (secondary N) is 2. The molecule has 276 valence electrons. The smallest absolute Gasteiger partial charge is 0.293 e. The first-order chi connectivity index (χ1) is 25.1. The molecular formula is C35H27ClF6N6O4S. The van der Waals surface area contributed by atoms with Gasteiger partial charge >= 0.3 is 0 Å². The molecule has 3 aliphatic carbocycles. The van der Waals surface area contributed by atoms with Gasteiger partial charge in [-0.3, -0.25) is 19.4 Å². The first-order valence-corrected chi connectivity index (χ1v) is 18.6. The Bertz CT molecular complexity index is 2430. The molecule has 0 saturated heterocycles. The molecule has 10 nitrogen and oxygen atoms in total. The zero-order valence-corrected chi connectivity index (χ0v) is 28.8. The van der Waals surface area contributed by atoms with Crippen molar-refractivity contribution >= 4 is 44.2 Å². The van der Waals surface area contributed by atoms with Crippen molar-refractivity contribution in [1.82, 2.24) is 30.3 Å². The predicted molar refractivity (Wildman–Crippen MR) is 178 cm³/mol. The quantitative estimate of drug-likeness (QED) is 0.105. The maximum atomic E-state index is 15.3. The van der Waals surface area contributed by atoms with Gasteiger partial charge in [-0.05, 0) is 73.1 Å². The number of fused-ring (bicyclic) bond motifs is 4. The highest BCUT2D eigenvalue weighted by Gasteiger charge is 2.67. The Balaban J connectivity index is 1.19. The molecule has 3 heterocycles. The van der Waals surface area contributed by atoms with E-state index in [0.717, 1.165) is 12.1 Å². The molecule has 1 amide bonds. The topological polar surface area (TPSA) is 140 Å². The number of amides is 1. The Labute approximate surface area is 301 Å². The number of sulfone groups is 1. The lowest BCUT2D eigenvalue weighted by molar-refractivity contribution is -0.123. The second-order valence-electron chi connectivity index (χ2n) is 13.6. The molecular weight excluding hydrogens is 750 g/mol. The van der Waals surface area contributed by atoms with Gasteiger partial charge in [-0.2, -0.15) is 19.0 Å². The summed E-state index contributed by atoms with van der Waals surface area (Å²) in [6, 6.07) is 7.30. The van der Waals surface area contributed by atoms with Gasteiger partial charge in [0, 0.05) is 28.7 Å². The lowest BCUT2D eigenvalue weighted by Gasteiger charge is -2.23. The highest BCUT2D eigenvalue weighted by atomic mass is 35.5. The van der Waals surface area contributed by atoms with Crippen molar-refractivity contribution in [2.45, 2.75) is 61.8 Å². The normalized spacial score (nSPS) is 19.3. The summed E-state index contributed by atoms with van der Waals surface area (Å²) in [5, 5.41) is 12.5. The van der Waals surface area contributed by atoms with Crippen molar-refractivity contribution in [2.75, 3.05) is 5.75 Å². The Hall–Kier alpha value is -4.77. The second-order valence-corrected chi connectivity index (χ2v) is 16.3.